The van der Waals surface area contributed by atoms with Crippen LogP contribution in [0, 0.1) is 17.0 Å². The number of nitrogens with zero attached hydrogens (tertiary/aromatic N) is 2. The smallest absolute Gasteiger partial charge is 0.433 e. The predicted octanol–water partition coefficient (Wildman–Crippen LogP) is 6.08. The molecule has 0 saturated carbocycles. The van der Waals surface area contributed by atoms with Crippen LogP contribution in [0.15, 0.2) is 28.7 Å². The topological polar surface area (TPSA) is 78.4 Å². The fraction of sp³-hybridized carbons (Fsp3) is 0.550. The van der Waals surface area contributed by atoms with E-state index < -0.39 is 4.92 Å². The van der Waals surface area contributed by atoms with E-state index in [0.29, 0.717) is 18.2 Å². The van der Waals surface area contributed by atoms with E-state index in [1.807, 2.05) is 13.0 Å². The molecule has 2 rings (SSSR count). The van der Waals surface area contributed by atoms with E-state index in [1.165, 1.54) is 44.6 Å². The highest BCUT2D eigenvalue weighted by Crippen LogP contribution is 2.28. The van der Waals surface area contributed by atoms with Gasteiger partial charge in [0.05, 0.1) is 12.7 Å². The van der Waals surface area contributed by atoms with Crippen molar-refractivity contribution >= 4 is 5.88 Å². The van der Waals surface area contributed by atoms with Crippen molar-refractivity contribution in [2.45, 2.75) is 65.2 Å². The van der Waals surface area contributed by atoms with Crippen LogP contribution in [0.2, 0.25) is 0 Å². The Morgan fingerprint density at radius 2 is 1.77 bits per heavy atom. The lowest BCUT2D eigenvalue weighted by Crippen LogP contribution is -2.00. The van der Waals surface area contributed by atoms with Crippen LogP contribution in [0.5, 0.6) is 5.88 Å². The Morgan fingerprint density at radius 3 is 2.42 bits per heavy atom. The van der Waals surface area contributed by atoms with Gasteiger partial charge >= 0.3 is 5.88 Å². The molecule has 26 heavy (non-hydrogen) atoms. The van der Waals surface area contributed by atoms with Gasteiger partial charge in [-0.05, 0) is 25.5 Å². The molecule has 142 valence electrons. The van der Waals surface area contributed by atoms with Crippen molar-refractivity contribution in [1.29, 1.82) is 0 Å². The number of nitro groups is 1. The van der Waals surface area contributed by atoms with Gasteiger partial charge in [0.15, 0.2) is 0 Å². The molecule has 0 saturated heterocycles. The van der Waals surface area contributed by atoms with Crippen molar-refractivity contribution in [2.24, 2.45) is 0 Å². The molecule has 0 atom stereocenters. The summed E-state index contributed by atoms with van der Waals surface area (Å²) >= 11 is 0. The second kappa shape index (κ2) is 10.6. The van der Waals surface area contributed by atoms with Crippen LogP contribution in [-0.2, 0) is 0 Å². The van der Waals surface area contributed by atoms with Gasteiger partial charge in [0.1, 0.15) is 10.7 Å². The molecule has 2 aromatic rings. The summed E-state index contributed by atoms with van der Waals surface area (Å²) in [4.78, 5) is 14.6. The first-order valence-electron chi connectivity index (χ1n) is 9.46. The summed E-state index contributed by atoms with van der Waals surface area (Å²) in [5, 5.41) is 10.8. The van der Waals surface area contributed by atoms with Gasteiger partial charge in [-0.1, -0.05) is 51.9 Å². The molecule has 0 radical (unpaired) electrons. The molecular formula is C20H28N2O4. The molecule has 0 unspecified atom stereocenters. The van der Waals surface area contributed by atoms with Gasteiger partial charge in [0.25, 0.3) is 0 Å². The molecule has 2 aromatic heterocycles. The number of rotatable bonds is 12. The Labute approximate surface area is 154 Å². The fourth-order valence-corrected chi connectivity index (χ4v) is 2.85. The lowest BCUT2D eigenvalue weighted by Gasteiger charge is -2.08. The Bertz CT molecular complexity index is 697. The largest absolute Gasteiger partial charge is 0.478 e. The maximum atomic E-state index is 10.8. The third kappa shape index (κ3) is 6.50. The molecule has 0 spiro atoms. The van der Waals surface area contributed by atoms with Gasteiger partial charge < -0.3 is 9.15 Å². The Morgan fingerprint density at radius 1 is 1.08 bits per heavy atom. The Balaban J connectivity index is 1.79. The minimum absolute atomic E-state index is 0.268. The zero-order valence-corrected chi connectivity index (χ0v) is 15.7. The monoisotopic (exact) mass is 360 g/mol. The summed E-state index contributed by atoms with van der Waals surface area (Å²) in [6.45, 7) is 4.72. The van der Waals surface area contributed by atoms with Crippen LogP contribution in [0.4, 0.5) is 5.88 Å². The molecule has 0 aliphatic heterocycles. The van der Waals surface area contributed by atoms with Gasteiger partial charge in [-0.2, -0.15) is 0 Å². The number of hydrogen-bond donors (Lipinski definition) is 0. The highest BCUT2D eigenvalue weighted by Gasteiger charge is 2.14. The molecule has 0 aliphatic carbocycles. The van der Waals surface area contributed by atoms with E-state index in [4.69, 9.17) is 9.15 Å². The number of aryl methyl sites for hydroxylation is 1. The third-order valence-corrected chi connectivity index (χ3v) is 4.23. The lowest BCUT2D eigenvalue weighted by atomic mass is 10.1. The van der Waals surface area contributed by atoms with Crippen molar-refractivity contribution in [3.8, 4) is 17.2 Å². The molecule has 0 N–H and O–H groups in total. The van der Waals surface area contributed by atoms with E-state index in [2.05, 4.69) is 11.9 Å². The average molecular weight is 360 g/mol. The molecule has 0 aromatic carbocycles. The summed E-state index contributed by atoms with van der Waals surface area (Å²) in [6, 6.07) is 6.54. The minimum Gasteiger partial charge on any atom is -0.478 e. The number of pyridine rings is 1. The van der Waals surface area contributed by atoms with Gasteiger partial charge in [-0.3, -0.25) is 10.1 Å². The van der Waals surface area contributed by atoms with Gasteiger partial charge in [0, 0.05) is 17.3 Å². The van der Waals surface area contributed by atoms with Crippen molar-refractivity contribution in [2.75, 3.05) is 6.61 Å². The lowest BCUT2D eigenvalue weighted by molar-refractivity contribution is -0.401. The highest BCUT2D eigenvalue weighted by atomic mass is 16.6. The summed E-state index contributed by atoms with van der Waals surface area (Å²) in [5.74, 6) is 0.706. The van der Waals surface area contributed by atoms with Gasteiger partial charge in [0.2, 0.25) is 5.88 Å². The SMILES string of the molecule is CCCCCCCCCCOc1cc(-c2ccc([N+](=O)[O-])o2)cc(C)n1. The van der Waals surface area contributed by atoms with Gasteiger partial charge in [-0.15, -0.1) is 0 Å². The fourth-order valence-electron chi connectivity index (χ4n) is 2.85. The number of aromatic nitrogens is 1. The first kappa shape index (κ1) is 19.9. The first-order chi connectivity index (χ1) is 12.6. The molecule has 0 aliphatic rings. The molecule has 0 fully saturated rings. The van der Waals surface area contributed by atoms with Crippen LogP contribution in [0.1, 0.15) is 64.0 Å². The van der Waals surface area contributed by atoms with E-state index in [0.717, 1.165) is 24.1 Å². The third-order valence-electron chi connectivity index (χ3n) is 4.23. The molecule has 6 nitrogen and oxygen atoms in total. The van der Waals surface area contributed by atoms with Crippen LogP contribution in [0.3, 0.4) is 0 Å². The second-order valence-corrected chi connectivity index (χ2v) is 6.55. The quantitative estimate of drug-likeness (QED) is 0.260. The summed E-state index contributed by atoms with van der Waals surface area (Å²) in [6.07, 6.45) is 9.99. The molecular weight excluding hydrogens is 332 g/mol. The molecule has 6 heteroatoms. The van der Waals surface area contributed by atoms with Crippen LogP contribution < -0.4 is 4.74 Å². The summed E-state index contributed by atoms with van der Waals surface area (Å²) in [7, 11) is 0. The standard InChI is InChI=1S/C20H28N2O4/c1-3-4-5-6-7-8-9-10-13-25-19-15-17(14-16(2)21-19)18-11-12-20(26-18)22(23)24/h11-12,14-15H,3-10,13H2,1-2H3. The van der Waals surface area contributed by atoms with Crippen LogP contribution in [-0.4, -0.2) is 16.5 Å². The van der Waals surface area contributed by atoms with E-state index in [9.17, 15) is 10.1 Å². The van der Waals surface area contributed by atoms with Crippen molar-refractivity contribution in [1.82, 2.24) is 4.98 Å². The number of furan rings is 1. The molecule has 0 bridgehead atoms. The average Bonchev–Trinajstić information content (AvgIpc) is 3.10. The van der Waals surface area contributed by atoms with E-state index >= 15 is 0 Å². The maximum Gasteiger partial charge on any atom is 0.433 e. The van der Waals surface area contributed by atoms with Crippen LogP contribution >= 0.6 is 0 Å². The maximum absolute atomic E-state index is 10.8. The second-order valence-electron chi connectivity index (χ2n) is 6.55. The van der Waals surface area contributed by atoms with E-state index in [1.54, 1.807) is 12.1 Å². The van der Waals surface area contributed by atoms with Gasteiger partial charge in [-0.25, -0.2) is 4.98 Å². The Hall–Kier alpha value is -2.37. The number of hydrogen-bond acceptors (Lipinski definition) is 5. The summed E-state index contributed by atoms with van der Waals surface area (Å²) < 4.78 is 11.0. The molecule has 2 heterocycles. The number of unbranched alkanes of at least 4 members (excludes halogenated alkanes) is 7. The summed E-state index contributed by atoms with van der Waals surface area (Å²) in [5.41, 5.74) is 1.52. The van der Waals surface area contributed by atoms with Crippen molar-refractivity contribution < 1.29 is 14.1 Å². The highest BCUT2D eigenvalue weighted by molar-refractivity contribution is 5.60. The predicted molar refractivity (Wildman–Crippen MR) is 101 cm³/mol. The minimum atomic E-state index is -0.544. The van der Waals surface area contributed by atoms with Crippen LogP contribution in [0.25, 0.3) is 11.3 Å². The normalized spacial score (nSPS) is 10.8. The Kier molecular flexibility index (Phi) is 8.12. The number of ether oxygens (including phenoxy) is 1. The molecule has 0 amide bonds. The van der Waals surface area contributed by atoms with Crippen molar-refractivity contribution in [3.05, 3.63) is 40.1 Å². The zero-order chi connectivity index (χ0) is 18.8. The zero-order valence-electron chi connectivity index (χ0n) is 15.7. The first-order valence-corrected chi connectivity index (χ1v) is 9.46. The van der Waals surface area contributed by atoms with Crippen molar-refractivity contribution in [3.63, 3.8) is 0 Å². The van der Waals surface area contributed by atoms with E-state index in [-0.39, 0.29) is 5.88 Å².